The Morgan fingerprint density at radius 3 is 2.11 bits per heavy atom. The van der Waals surface area contributed by atoms with Crippen molar-refractivity contribution in [1.29, 1.82) is 5.26 Å². The monoisotopic (exact) mass is 522 g/mol. The van der Waals surface area contributed by atoms with Crippen molar-refractivity contribution in [3.05, 3.63) is 65.2 Å². The van der Waals surface area contributed by atoms with Gasteiger partial charge >= 0.3 is 23.9 Å². The minimum Gasteiger partial charge on any atom is -0.462 e. The summed E-state index contributed by atoms with van der Waals surface area (Å²) in [6, 6.07) is 13.7. The van der Waals surface area contributed by atoms with Crippen LogP contribution in [0.5, 0.6) is 0 Å². The molecule has 0 saturated heterocycles. The van der Waals surface area contributed by atoms with Crippen molar-refractivity contribution in [3.63, 3.8) is 0 Å². The highest BCUT2D eigenvalue weighted by molar-refractivity contribution is 5.91. The summed E-state index contributed by atoms with van der Waals surface area (Å²) in [6.45, 7) is 1.21. The maximum atomic E-state index is 12.1. The van der Waals surface area contributed by atoms with Gasteiger partial charge in [-0.3, -0.25) is 4.79 Å². The molecule has 0 heterocycles. The van der Waals surface area contributed by atoms with Crippen molar-refractivity contribution < 1.29 is 42.9 Å². The molecule has 198 valence electrons. The Kier molecular flexibility index (Phi) is 12.4. The maximum absolute atomic E-state index is 12.1. The molecule has 0 radical (unpaired) electrons. The lowest BCUT2D eigenvalue weighted by Gasteiger charge is -2.13. The van der Waals surface area contributed by atoms with Gasteiger partial charge in [0, 0.05) is 6.42 Å². The van der Waals surface area contributed by atoms with Gasteiger partial charge in [0.25, 0.3) is 0 Å². The van der Waals surface area contributed by atoms with Crippen molar-refractivity contribution in [3.8, 4) is 6.07 Å². The second-order valence-electron chi connectivity index (χ2n) is 7.82. The van der Waals surface area contributed by atoms with E-state index in [0.717, 1.165) is 0 Å². The lowest BCUT2D eigenvalue weighted by atomic mass is 10.1. The van der Waals surface area contributed by atoms with Gasteiger partial charge < -0.3 is 18.9 Å². The zero-order valence-electron chi connectivity index (χ0n) is 20.7. The number of hydrogen-bond acceptors (Lipinski definition) is 11. The van der Waals surface area contributed by atoms with Crippen LogP contribution in [-0.4, -0.2) is 55.9 Å². The molecular formula is C27H26N2O9. The Hall–Kier alpha value is -4.81. The van der Waals surface area contributed by atoms with Crippen LogP contribution in [0.4, 0.5) is 5.69 Å². The van der Waals surface area contributed by atoms with Crippen LogP contribution in [0.15, 0.2) is 53.5 Å². The largest absolute Gasteiger partial charge is 0.462 e. The fourth-order valence-corrected chi connectivity index (χ4v) is 2.97. The molecule has 2 aromatic rings. The van der Waals surface area contributed by atoms with Crippen molar-refractivity contribution in [1.82, 2.24) is 0 Å². The van der Waals surface area contributed by atoms with Crippen LogP contribution in [0, 0.1) is 11.3 Å². The van der Waals surface area contributed by atoms with Crippen molar-refractivity contribution in [2.75, 3.05) is 19.8 Å². The standard InChI is InChI=1S/C27H26N2O9/c1-19(38-27(34)22-8-6-20(17-28)7-9-22)25(32)37-16-15-35-24(31)5-3-2-4-14-36-26(33)21-10-12-23(13-11-21)29-18-30/h6-13,19H,2-5,14-16H2,1H3. The van der Waals surface area contributed by atoms with E-state index in [9.17, 15) is 24.0 Å². The van der Waals surface area contributed by atoms with E-state index < -0.39 is 30.0 Å². The van der Waals surface area contributed by atoms with Crippen LogP contribution in [0.25, 0.3) is 0 Å². The molecule has 0 saturated carbocycles. The number of hydrogen-bond donors (Lipinski definition) is 0. The number of esters is 4. The predicted molar refractivity (Wildman–Crippen MR) is 131 cm³/mol. The minimum atomic E-state index is -1.17. The summed E-state index contributed by atoms with van der Waals surface area (Å²) in [5.41, 5.74) is 1.29. The molecular weight excluding hydrogens is 496 g/mol. The molecule has 0 N–H and O–H groups in total. The topological polar surface area (TPSA) is 158 Å². The van der Waals surface area contributed by atoms with E-state index in [0.29, 0.717) is 36.1 Å². The average Bonchev–Trinajstić information content (AvgIpc) is 2.93. The second-order valence-corrected chi connectivity index (χ2v) is 7.82. The van der Waals surface area contributed by atoms with E-state index in [1.165, 1.54) is 61.5 Å². The van der Waals surface area contributed by atoms with Crippen LogP contribution >= 0.6 is 0 Å². The van der Waals surface area contributed by atoms with Crippen molar-refractivity contribution in [2.45, 2.75) is 38.7 Å². The molecule has 0 fully saturated rings. The van der Waals surface area contributed by atoms with Gasteiger partial charge in [0.05, 0.1) is 35.1 Å². The maximum Gasteiger partial charge on any atom is 0.347 e. The van der Waals surface area contributed by atoms with E-state index in [2.05, 4.69) is 4.99 Å². The Balaban J connectivity index is 1.52. The number of carbonyl (C=O) groups excluding carboxylic acids is 5. The second kappa shape index (κ2) is 16.0. The number of benzene rings is 2. The van der Waals surface area contributed by atoms with Crippen LogP contribution < -0.4 is 0 Å². The van der Waals surface area contributed by atoms with Gasteiger partial charge in [-0.2, -0.15) is 10.3 Å². The minimum absolute atomic E-state index is 0.143. The number of rotatable bonds is 14. The highest BCUT2D eigenvalue weighted by atomic mass is 16.6. The van der Waals surface area contributed by atoms with Crippen LogP contribution in [-0.2, 0) is 33.3 Å². The molecule has 11 nitrogen and oxygen atoms in total. The normalized spacial score (nSPS) is 10.7. The van der Waals surface area contributed by atoms with Crippen molar-refractivity contribution >= 4 is 35.6 Å². The first kappa shape index (κ1) is 29.4. The van der Waals surface area contributed by atoms with Gasteiger partial charge in [0.2, 0.25) is 6.08 Å². The first-order valence-corrected chi connectivity index (χ1v) is 11.7. The molecule has 0 amide bonds. The molecule has 0 aromatic heterocycles. The van der Waals surface area contributed by atoms with Crippen LogP contribution in [0.1, 0.15) is 58.9 Å². The number of nitriles is 1. The molecule has 2 aromatic carbocycles. The molecule has 1 atom stereocenters. The highest BCUT2D eigenvalue weighted by Crippen LogP contribution is 2.13. The fraction of sp³-hybridized carbons (Fsp3) is 0.333. The lowest BCUT2D eigenvalue weighted by Crippen LogP contribution is -2.27. The summed E-state index contributed by atoms with van der Waals surface area (Å²) in [5, 5.41) is 8.78. The van der Waals surface area contributed by atoms with Gasteiger partial charge in [-0.15, -0.1) is 0 Å². The van der Waals surface area contributed by atoms with E-state index in [-0.39, 0.29) is 31.8 Å². The smallest absolute Gasteiger partial charge is 0.347 e. The van der Waals surface area contributed by atoms with Gasteiger partial charge in [0.1, 0.15) is 13.2 Å². The first-order valence-electron chi connectivity index (χ1n) is 11.7. The summed E-state index contributed by atoms with van der Waals surface area (Å²) < 4.78 is 20.2. The summed E-state index contributed by atoms with van der Waals surface area (Å²) in [5.74, 6) is -2.49. The first-order chi connectivity index (χ1) is 18.3. The Labute approximate surface area is 219 Å². The molecule has 0 aliphatic carbocycles. The zero-order chi connectivity index (χ0) is 27.8. The van der Waals surface area contributed by atoms with Crippen LogP contribution in [0.3, 0.4) is 0 Å². The van der Waals surface area contributed by atoms with Crippen LogP contribution in [0.2, 0.25) is 0 Å². The molecule has 0 bridgehead atoms. The number of carbonyl (C=O) groups is 4. The fourth-order valence-electron chi connectivity index (χ4n) is 2.97. The third kappa shape index (κ3) is 10.4. The third-order valence-electron chi connectivity index (χ3n) is 4.99. The van der Waals surface area contributed by atoms with Gasteiger partial charge in [-0.25, -0.2) is 19.2 Å². The number of ether oxygens (including phenoxy) is 4. The average molecular weight is 523 g/mol. The van der Waals surface area contributed by atoms with Gasteiger partial charge in [-0.05, 0) is 74.7 Å². The third-order valence-corrected chi connectivity index (χ3v) is 4.99. The Morgan fingerprint density at radius 1 is 0.816 bits per heavy atom. The zero-order valence-corrected chi connectivity index (χ0v) is 20.7. The summed E-state index contributed by atoms with van der Waals surface area (Å²) >= 11 is 0. The van der Waals surface area contributed by atoms with Gasteiger partial charge in [0.15, 0.2) is 6.10 Å². The highest BCUT2D eigenvalue weighted by Gasteiger charge is 2.20. The number of aliphatic imine (C=N–C) groups is 1. The van der Waals surface area contributed by atoms with E-state index in [1.807, 2.05) is 6.07 Å². The van der Waals surface area contributed by atoms with Gasteiger partial charge in [-0.1, -0.05) is 0 Å². The lowest BCUT2D eigenvalue weighted by molar-refractivity contribution is -0.158. The molecule has 1 unspecified atom stereocenters. The predicted octanol–water partition coefficient (Wildman–Crippen LogP) is 3.57. The quantitative estimate of drug-likeness (QED) is 0.118. The summed E-state index contributed by atoms with van der Waals surface area (Å²) in [6.07, 6.45) is 2.11. The summed E-state index contributed by atoms with van der Waals surface area (Å²) in [7, 11) is 0. The Bertz CT molecular complexity index is 1190. The number of isocyanates is 1. The van der Waals surface area contributed by atoms with E-state index >= 15 is 0 Å². The van der Waals surface area contributed by atoms with E-state index in [4.69, 9.17) is 24.2 Å². The molecule has 11 heteroatoms. The molecule has 0 aliphatic rings. The van der Waals surface area contributed by atoms with Crippen molar-refractivity contribution in [2.24, 2.45) is 4.99 Å². The molecule has 0 aliphatic heterocycles. The van der Waals surface area contributed by atoms with E-state index in [1.54, 1.807) is 0 Å². The Morgan fingerprint density at radius 2 is 1.45 bits per heavy atom. The molecule has 38 heavy (non-hydrogen) atoms. The molecule has 2 rings (SSSR count). The SMILES string of the molecule is CC(OC(=O)c1ccc(C#N)cc1)C(=O)OCCOC(=O)CCCCCOC(=O)c1ccc(N=C=O)cc1. The molecule has 0 spiro atoms. The summed E-state index contributed by atoms with van der Waals surface area (Å²) in [4.78, 5) is 61.4. The number of nitrogens with zero attached hydrogens (tertiary/aromatic N) is 2. The number of unbranched alkanes of at least 4 members (excludes halogenated alkanes) is 2.